The molecule has 0 saturated carbocycles. The molecule has 0 bridgehead atoms. The van der Waals surface area contributed by atoms with E-state index in [2.05, 4.69) is 4.99 Å². The Morgan fingerprint density at radius 1 is 1.29 bits per heavy atom. The molecule has 84 valence electrons. The summed E-state index contributed by atoms with van der Waals surface area (Å²) >= 11 is 0. The molecule has 6 heteroatoms. The smallest absolute Gasteiger partial charge is 0.185 e. The summed E-state index contributed by atoms with van der Waals surface area (Å²) in [5.41, 5.74) is 10.2. The normalized spacial score (nSPS) is 12.4. The summed E-state index contributed by atoms with van der Waals surface area (Å²) in [6.07, 6.45) is -0.198. The van der Waals surface area contributed by atoms with Crippen LogP contribution in [0.5, 0.6) is 0 Å². The van der Waals surface area contributed by atoms with Gasteiger partial charge in [-0.25, -0.2) is 0 Å². The molecule has 0 amide bonds. The first-order chi connectivity index (χ1) is 6.66. The van der Waals surface area contributed by atoms with Gasteiger partial charge in [-0.15, -0.1) is 0 Å². The lowest BCUT2D eigenvalue weighted by molar-refractivity contribution is -0.121. The van der Waals surface area contributed by atoms with E-state index >= 15 is 0 Å². The predicted molar refractivity (Wildman–Crippen MR) is 53.9 cm³/mol. The van der Waals surface area contributed by atoms with Crippen LogP contribution in [-0.2, 0) is 14.2 Å². The van der Waals surface area contributed by atoms with Gasteiger partial charge < -0.3 is 25.7 Å². The average Bonchev–Trinajstić information content (AvgIpc) is 2.15. The van der Waals surface area contributed by atoms with E-state index in [1.54, 1.807) is 7.11 Å². The minimum Gasteiger partial charge on any atom is -0.377 e. The predicted octanol–water partition coefficient (Wildman–Crippen LogP) is -0.715. The zero-order valence-corrected chi connectivity index (χ0v) is 8.73. The number of aliphatic imine (C=N–C) groups is 1. The summed E-state index contributed by atoms with van der Waals surface area (Å²) in [5, 5.41) is 0. The van der Waals surface area contributed by atoms with Crippen molar-refractivity contribution in [3.05, 3.63) is 0 Å². The van der Waals surface area contributed by atoms with Crippen LogP contribution in [0.25, 0.3) is 0 Å². The molecule has 0 spiro atoms. The van der Waals surface area contributed by atoms with Crippen LogP contribution < -0.4 is 11.5 Å². The second kappa shape index (κ2) is 8.74. The summed E-state index contributed by atoms with van der Waals surface area (Å²) in [7, 11) is 1.59. The molecule has 0 saturated heterocycles. The number of ether oxygens (including phenoxy) is 3. The quantitative estimate of drug-likeness (QED) is 0.236. The molecule has 0 aromatic carbocycles. The van der Waals surface area contributed by atoms with Crippen molar-refractivity contribution < 1.29 is 14.2 Å². The van der Waals surface area contributed by atoms with Crippen LogP contribution in [0.15, 0.2) is 4.99 Å². The largest absolute Gasteiger partial charge is 0.377 e. The van der Waals surface area contributed by atoms with E-state index in [9.17, 15) is 0 Å². The van der Waals surface area contributed by atoms with Gasteiger partial charge in [-0.05, 0) is 6.92 Å². The van der Waals surface area contributed by atoms with Crippen LogP contribution in [0.2, 0.25) is 0 Å². The molecule has 1 unspecified atom stereocenters. The molecule has 6 nitrogen and oxygen atoms in total. The molecule has 0 rings (SSSR count). The fourth-order valence-corrected chi connectivity index (χ4v) is 0.682. The first kappa shape index (κ1) is 13.2. The molecule has 0 fully saturated rings. The fourth-order valence-electron chi connectivity index (χ4n) is 0.682. The fraction of sp³-hybridized carbons (Fsp3) is 0.875. The van der Waals surface area contributed by atoms with Crippen molar-refractivity contribution in [2.24, 2.45) is 16.5 Å². The van der Waals surface area contributed by atoms with Gasteiger partial charge in [0.25, 0.3) is 0 Å². The van der Waals surface area contributed by atoms with E-state index in [1.165, 1.54) is 0 Å². The van der Waals surface area contributed by atoms with Crippen molar-refractivity contribution in [1.29, 1.82) is 0 Å². The Kier molecular flexibility index (Phi) is 8.20. The van der Waals surface area contributed by atoms with Gasteiger partial charge in [0, 0.05) is 7.11 Å². The highest BCUT2D eigenvalue weighted by atomic mass is 16.7. The highest BCUT2D eigenvalue weighted by Crippen LogP contribution is 1.89. The molecule has 0 aromatic rings. The van der Waals surface area contributed by atoms with Gasteiger partial charge in [-0.1, -0.05) is 0 Å². The third-order valence-corrected chi connectivity index (χ3v) is 1.44. The lowest BCUT2D eigenvalue weighted by Crippen LogP contribution is -2.23. The van der Waals surface area contributed by atoms with E-state index in [0.29, 0.717) is 26.4 Å². The van der Waals surface area contributed by atoms with Gasteiger partial charge in [0.05, 0.1) is 26.4 Å². The zero-order valence-electron chi connectivity index (χ0n) is 8.73. The lowest BCUT2D eigenvalue weighted by atomic mass is 10.6. The number of guanidine groups is 1. The summed E-state index contributed by atoms with van der Waals surface area (Å²) in [6, 6.07) is 0. The third kappa shape index (κ3) is 9.24. The van der Waals surface area contributed by atoms with E-state index in [1.807, 2.05) is 6.92 Å². The van der Waals surface area contributed by atoms with Crippen LogP contribution in [0.1, 0.15) is 6.92 Å². The van der Waals surface area contributed by atoms with Crippen LogP contribution in [0.4, 0.5) is 0 Å². The molecule has 0 heterocycles. The molecule has 0 aromatic heterocycles. The monoisotopic (exact) mass is 205 g/mol. The SMILES string of the molecule is COC(C)OCCOCCN=C(N)N. The lowest BCUT2D eigenvalue weighted by Gasteiger charge is -2.10. The topological polar surface area (TPSA) is 92.1 Å². The minimum atomic E-state index is -0.198. The summed E-state index contributed by atoms with van der Waals surface area (Å²) in [5.74, 6) is 0.0813. The average molecular weight is 205 g/mol. The van der Waals surface area contributed by atoms with Crippen molar-refractivity contribution in [2.75, 3.05) is 33.5 Å². The van der Waals surface area contributed by atoms with E-state index in [0.717, 1.165) is 0 Å². The Morgan fingerprint density at radius 2 is 2.00 bits per heavy atom. The van der Waals surface area contributed by atoms with Gasteiger partial charge in [0.2, 0.25) is 0 Å². The Labute approximate surface area is 84.2 Å². The first-order valence-corrected chi connectivity index (χ1v) is 4.44. The maximum absolute atomic E-state index is 5.19. The maximum atomic E-state index is 5.19. The second-order valence-corrected chi connectivity index (χ2v) is 2.59. The molecule has 0 aliphatic rings. The molecule has 0 aliphatic heterocycles. The number of methoxy groups -OCH3 is 1. The number of nitrogens with two attached hydrogens (primary N) is 2. The van der Waals surface area contributed by atoms with Crippen molar-refractivity contribution in [1.82, 2.24) is 0 Å². The van der Waals surface area contributed by atoms with Gasteiger partial charge in [-0.2, -0.15) is 0 Å². The summed E-state index contributed by atoms with van der Waals surface area (Å²) in [6.45, 7) is 3.79. The number of hydrogen-bond acceptors (Lipinski definition) is 4. The molecule has 4 N–H and O–H groups in total. The van der Waals surface area contributed by atoms with Crippen LogP contribution in [-0.4, -0.2) is 45.7 Å². The molecule has 0 radical (unpaired) electrons. The Balaban J connectivity index is 3.10. The summed E-state index contributed by atoms with van der Waals surface area (Å²) < 4.78 is 15.2. The number of hydrogen-bond donors (Lipinski definition) is 2. The standard InChI is InChI=1S/C8H19N3O3/c1-7(12-2)14-6-5-13-4-3-11-8(9)10/h7H,3-6H2,1-2H3,(H4,9,10,11). The molecule has 1 atom stereocenters. The van der Waals surface area contributed by atoms with Crippen molar-refractivity contribution in [2.45, 2.75) is 13.2 Å². The van der Waals surface area contributed by atoms with Gasteiger partial charge in [0.1, 0.15) is 0 Å². The van der Waals surface area contributed by atoms with Crippen molar-refractivity contribution >= 4 is 5.96 Å². The van der Waals surface area contributed by atoms with Crippen LogP contribution in [0.3, 0.4) is 0 Å². The van der Waals surface area contributed by atoms with Crippen molar-refractivity contribution in [3.8, 4) is 0 Å². The third-order valence-electron chi connectivity index (χ3n) is 1.44. The molecule has 14 heavy (non-hydrogen) atoms. The van der Waals surface area contributed by atoms with E-state index in [4.69, 9.17) is 25.7 Å². The molecule has 0 aliphatic carbocycles. The van der Waals surface area contributed by atoms with Gasteiger partial charge in [-0.3, -0.25) is 4.99 Å². The van der Waals surface area contributed by atoms with E-state index < -0.39 is 0 Å². The minimum absolute atomic E-state index is 0.0813. The van der Waals surface area contributed by atoms with Crippen LogP contribution >= 0.6 is 0 Å². The van der Waals surface area contributed by atoms with E-state index in [-0.39, 0.29) is 12.2 Å². The maximum Gasteiger partial charge on any atom is 0.185 e. The Bertz CT molecular complexity index is 160. The first-order valence-electron chi connectivity index (χ1n) is 4.44. The van der Waals surface area contributed by atoms with Gasteiger partial charge in [0.15, 0.2) is 12.2 Å². The second-order valence-electron chi connectivity index (χ2n) is 2.59. The number of nitrogens with zero attached hydrogens (tertiary/aromatic N) is 1. The van der Waals surface area contributed by atoms with Gasteiger partial charge >= 0.3 is 0 Å². The zero-order chi connectivity index (χ0) is 10.8. The van der Waals surface area contributed by atoms with Crippen molar-refractivity contribution in [3.63, 3.8) is 0 Å². The Morgan fingerprint density at radius 3 is 2.57 bits per heavy atom. The van der Waals surface area contributed by atoms with Crippen LogP contribution in [0, 0.1) is 0 Å². The molecular formula is C8H19N3O3. The molecular weight excluding hydrogens is 186 g/mol. The highest BCUT2D eigenvalue weighted by molar-refractivity contribution is 5.75. The summed E-state index contributed by atoms with van der Waals surface area (Å²) in [4.78, 5) is 3.76. The number of rotatable bonds is 8. The Hall–Kier alpha value is -0.850. The highest BCUT2D eigenvalue weighted by Gasteiger charge is 1.97.